The van der Waals surface area contributed by atoms with Gasteiger partial charge in [0.15, 0.2) is 5.82 Å². The molecule has 116 valence electrons. The molecular weight excluding hydrogens is 294 g/mol. The van der Waals surface area contributed by atoms with Crippen LogP contribution >= 0.6 is 0 Å². The largest absolute Gasteiger partial charge is 0.497 e. The zero-order valence-corrected chi connectivity index (χ0v) is 12.8. The van der Waals surface area contributed by atoms with Crippen LogP contribution < -0.4 is 4.74 Å². The molecule has 0 aliphatic heterocycles. The SMILES string of the molecule is COC(=O)c1nc(-c2ccc(OC)cc2)n(-c2ccccc2)n1. The molecule has 0 saturated carbocycles. The molecule has 0 aliphatic carbocycles. The van der Waals surface area contributed by atoms with Gasteiger partial charge in [0.25, 0.3) is 5.82 Å². The van der Waals surface area contributed by atoms with Crippen LogP contribution in [0, 0.1) is 0 Å². The van der Waals surface area contributed by atoms with Crippen molar-refractivity contribution in [3.05, 3.63) is 60.4 Å². The van der Waals surface area contributed by atoms with E-state index in [4.69, 9.17) is 9.47 Å². The van der Waals surface area contributed by atoms with E-state index in [-0.39, 0.29) is 5.82 Å². The molecule has 0 bridgehead atoms. The molecule has 6 heteroatoms. The zero-order valence-electron chi connectivity index (χ0n) is 12.8. The first-order valence-electron chi connectivity index (χ1n) is 6.98. The van der Waals surface area contributed by atoms with Crippen molar-refractivity contribution in [1.29, 1.82) is 0 Å². The Labute approximate surface area is 133 Å². The van der Waals surface area contributed by atoms with Crippen molar-refractivity contribution in [2.75, 3.05) is 14.2 Å². The van der Waals surface area contributed by atoms with Gasteiger partial charge in [0.05, 0.1) is 19.9 Å². The average molecular weight is 309 g/mol. The van der Waals surface area contributed by atoms with E-state index >= 15 is 0 Å². The second-order valence-electron chi connectivity index (χ2n) is 4.73. The molecule has 6 nitrogen and oxygen atoms in total. The molecule has 3 rings (SSSR count). The Morgan fingerprint density at radius 3 is 2.30 bits per heavy atom. The van der Waals surface area contributed by atoms with E-state index in [0.29, 0.717) is 5.82 Å². The molecule has 0 aliphatic rings. The van der Waals surface area contributed by atoms with Gasteiger partial charge in [-0.25, -0.2) is 14.5 Å². The fourth-order valence-electron chi connectivity index (χ4n) is 2.17. The van der Waals surface area contributed by atoms with Gasteiger partial charge in [-0.1, -0.05) is 18.2 Å². The van der Waals surface area contributed by atoms with Crippen LogP contribution in [-0.4, -0.2) is 35.0 Å². The quantitative estimate of drug-likeness (QED) is 0.693. The number of carbonyl (C=O) groups excluding carboxylic acids is 1. The summed E-state index contributed by atoms with van der Waals surface area (Å²) in [6.07, 6.45) is 0. The Kier molecular flexibility index (Phi) is 4.05. The van der Waals surface area contributed by atoms with Crippen molar-refractivity contribution in [1.82, 2.24) is 14.8 Å². The molecule has 0 saturated heterocycles. The monoisotopic (exact) mass is 309 g/mol. The molecule has 0 fully saturated rings. The Hall–Kier alpha value is -3.15. The molecule has 3 aromatic rings. The summed E-state index contributed by atoms with van der Waals surface area (Å²) in [6, 6.07) is 16.9. The van der Waals surface area contributed by atoms with Crippen LogP contribution in [0.3, 0.4) is 0 Å². The third-order valence-corrected chi connectivity index (χ3v) is 3.32. The van der Waals surface area contributed by atoms with E-state index < -0.39 is 5.97 Å². The number of para-hydroxylation sites is 1. The van der Waals surface area contributed by atoms with E-state index in [1.807, 2.05) is 54.6 Å². The van der Waals surface area contributed by atoms with Crippen molar-refractivity contribution < 1.29 is 14.3 Å². The molecule has 0 radical (unpaired) electrons. The lowest BCUT2D eigenvalue weighted by Gasteiger charge is -2.06. The maximum Gasteiger partial charge on any atom is 0.377 e. The summed E-state index contributed by atoms with van der Waals surface area (Å²) in [7, 11) is 2.91. The van der Waals surface area contributed by atoms with Crippen LogP contribution in [0.15, 0.2) is 54.6 Å². The van der Waals surface area contributed by atoms with Crippen molar-refractivity contribution in [2.45, 2.75) is 0 Å². The first-order valence-corrected chi connectivity index (χ1v) is 6.98. The number of aromatic nitrogens is 3. The number of carbonyl (C=O) groups is 1. The first kappa shape index (κ1) is 14.8. The van der Waals surface area contributed by atoms with Gasteiger partial charge in [0.1, 0.15) is 5.75 Å². The molecule has 23 heavy (non-hydrogen) atoms. The summed E-state index contributed by atoms with van der Waals surface area (Å²) in [6.45, 7) is 0. The third kappa shape index (κ3) is 2.91. The average Bonchev–Trinajstić information content (AvgIpc) is 3.07. The molecule has 0 spiro atoms. The van der Waals surface area contributed by atoms with Gasteiger partial charge in [-0.05, 0) is 36.4 Å². The van der Waals surface area contributed by atoms with Crippen molar-refractivity contribution in [2.24, 2.45) is 0 Å². The van der Waals surface area contributed by atoms with Crippen LogP contribution in [0.1, 0.15) is 10.6 Å². The minimum Gasteiger partial charge on any atom is -0.497 e. The summed E-state index contributed by atoms with van der Waals surface area (Å²) in [5.41, 5.74) is 1.62. The molecule has 0 N–H and O–H groups in total. The molecule has 0 atom stereocenters. The normalized spacial score (nSPS) is 10.3. The molecular formula is C17H15N3O3. The predicted molar refractivity (Wildman–Crippen MR) is 84.7 cm³/mol. The van der Waals surface area contributed by atoms with Crippen LogP contribution in [-0.2, 0) is 4.74 Å². The molecule has 0 unspecified atom stereocenters. The zero-order chi connectivity index (χ0) is 16.2. The fraction of sp³-hybridized carbons (Fsp3) is 0.118. The first-order chi connectivity index (χ1) is 11.2. The second-order valence-corrected chi connectivity index (χ2v) is 4.73. The van der Waals surface area contributed by atoms with E-state index in [2.05, 4.69) is 10.1 Å². The van der Waals surface area contributed by atoms with Crippen molar-refractivity contribution >= 4 is 5.97 Å². The number of benzene rings is 2. The summed E-state index contributed by atoms with van der Waals surface area (Å²) in [5.74, 6) is 0.739. The van der Waals surface area contributed by atoms with Crippen molar-refractivity contribution in [3.63, 3.8) is 0 Å². The topological polar surface area (TPSA) is 66.2 Å². The number of hydrogen-bond donors (Lipinski definition) is 0. The molecule has 1 aromatic heterocycles. The number of rotatable bonds is 4. The highest BCUT2D eigenvalue weighted by atomic mass is 16.5. The summed E-state index contributed by atoms with van der Waals surface area (Å²) >= 11 is 0. The second kappa shape index (κ2) is 6.31. The van der Waals surface area contributed by atoms with Gasteiger partial charge in [-0.15, -0.1) is 5.10 Å². The molecule has 1 heterocycles. The van der Waals surface area contributed by atoms with Gasteiger partial charge in [-0.2, -0.15) is 0 Å². The highest BCUT2D eigenvalue weighted by Crippen LogP contribution is 2.23. The lowest BCUT2D eigenvalue weighted by atomic mass is 10.2. The fourth-order valence-corrected chi connectivity index (χ4v) is 2.17. The summed E-state index contributed by atoms with van der Waals surface area (Å²) in [5, 5.41) is 4.27. The van der Waals surface area contributed by atoms with Gasteiger partial charge in [0.2, 0.25) is 0 Å². The molecule has 2 aromatic carbocycles. The van der Waals surface area contributed by atoms with Gasteiger partial charge >= 0.3 is 5.97 Å². The lowest BCUT2D eigenvalue weighted by Crippen LogP contribution is -2.05. The number of ether oxygens (including phenoxy) is 2. The minimum atomic E-state index is -0.575. The predicted octanol–water partition coefficient (Wildman–Crippen LogP) is 2.73. The van der Waals surface area contributed by atoms with Crippen molar-refractivity contribution in [3.8, 4) is 22.8 Å². The molecule has 0 amide bonds. The van der Waals surface area contributed by atoms with E-state index in [1.54, 1.807) is 11.8 Å². The van der Waals surface area contributed by atoms with Gasteiger partial charge in [0, 0.05) is 5.56 Å². The number of esters is 1. The standard InChI is InChI=1S/C17H15N3O3/c1-22-14-10-8-12(9-11-14)16-18-15(17(21)23-2)19-20(16)13-6-4-3-5-7-13/h3-11H,1-2H3. The maximum atomic E-state index is 11.8. The lowest BCUT2D eigenvalue weighted by molar-refractivity contribution is 0.0587. The summed E-state index contributed by atoms with van der Waals surface area (Å²) < 4.78 is 11.5. The Bertz CT molecular complexity index is 811. The van der Waals surface area contributed by atoms with Crippen LogP contribution in [0.25, 0.3) is 17.1 Å². The maximum absolute atomic E-state index is 11.8. The highest BCUT2D eigenvalue weighted by molar-refractivity contribution is 5.85. The van der Waals surface area contributed by atoms with Crippen LogP contribution in [0.5, 0.6) is 5.75 Å². The van der Waals surface area contributed by atoms with Gasteiger partial charge in [-0.3, -0.25) is 0 Å². The Morgan fingerprint density at radius 2 is 1.70 bits per heavy atom. The van der Waals surface area contributed by atoms with Crippen LogP contribution in [0.4, 0.5) is 0 Å². The van der Waals surface area contributed by atoms with E-state index in [9.17, 15) is 4.79 Å². The van der Waals surface area contributed by atoms with E-state index in [0.717, 1.165) is 17.0 Å². The van der Waals surface area contributed by atoms with Gasteiger partial charge < -0.3 is 9.47 Å². The smallest absolute Gasteiger partial charge is 0.377 e. The Balaban J connectivity index is 2.13. The highest BCUT2D eigenvalue weighted by Gasteiger charge is 2.19. The minimum absolute atomic E-state index is 0.0159. The number of hydrogen-bond acceptors (Lipinski definition) is 5. The third-order valence-electron chi connectivity index (χ3n) is 3.32. The van der Waals surface area contributed by atoms with E-state index in [1.165, 1.54) is 7.11 Å². The number of methoxy groups -OCH3 is 2. The summed E-state index contributed by atoms with van der Waals surface area (Å²) in [4.78, 5) is 16.1. The van der Waals surface area contributed by atoms with Crippen LogP contribution in [0.2, 0.25) is 0 Å². The number of nitrogens with zero attached hydrogens (tertiary/aromatic N) is 3. The Morgan fingerprint density at radius 1 is 1.00 bits per heavy atom.